The van der Waals surface area contributed by atoms with Crippen molar-refractivity contribution in [3.63, 3.8) is 0 Å². The van der Waals surface area contributed by atoms with Gasteiger partial charge < -0.3 is 15.5 Å². The number of carbonyl (C=O) groups is 2. The van der Waals surface area contributed by atoms with Crippen molar-refractivity contribution in [1.29, 1.82) is 0 Å². The fraction of sp³-hybridized carbons (Fsp3) is 0.462. The van der Waals surface area contributed by atoms with Crippen LogP contribution >= 0.6 is 12.4 Å². The van der Waals surface area contributed by atoms with E-state index >= 15 is 0 Å². The number of aromatic nitrogens is 1. The summed E-state index contributed by atoms with van der Waals surface area (Å²) in [4.78, 5) is 31.2. The monoisotopic (exact) mass is 313 g/mol. The molecule has 0 radical (unpaired) electrons. The molecule has 0 spiro atoms. The summed E-state index contributed by atoms with van der Waals surface area (Å²) < 4.78 is 0. The lowest BCUT2D eigenvalue weighted by Crippen LogP contribution is -2.43. The minimum Gasteiger partial charge on any atom is -0.321 e. The van der Waals surface area contributed by atoms with Gasteiger partial charge in [-0.15, -0.1) is 12.4 Å². The molecule has 0 aliphatic carbocycles. The number of hydrogen-bond acceptors (Lipinski definition) is 4. The van der Waals surface area contributed by atoms with Crippen LogP contribution in [0, 0.1) is 0 Å². The van der Waals surface area contributed by atoms with Crippen LogP contribution in [0.15, 0.2) is 12.1 Å². The molecular formula is C13H20ClN5O2. The second kappa shape index (κ2) is 6.73. The highest BCUT2D eigenvalue weighted by atomic mass is 35.5. The highest BCUT2D eigenvalue weighted by molar-refractivity contribution is 5.95. The number of nitrogens with zero attached hydrogens (tertiary/aromatic N) is 3. The molecule has 7 nitrogen and oxygen atoms in total. The number of halogens is 1. The first-order valence-electron chi connectivity index (χ1n) is 6.41. The highest BCUT2D eigenvalue weighted by Crippen LogP contribution is 2.26. The largest absolute Gasteiger partial charge is 0.324 e. The molecule has 116 valence electrons. The molecule has 2 heterocycles. The summed E-state index contributed by atoms with van der Waals surface area (Å²) in [6.45, 7) is 2.21. The minimum absolute atomic E-state index is 0. The number of likely N-dealkylation sites (N-methyl/N-ethyl adjacent to an activating group) is 1. The van der Waals surface area contributed by atoms with E-state index in [4.69, 9.17) is 0 Å². The first-order chi connectivity index (χ1) is 9.43. The quantitative estimate of drug-likeness (QED) is 0.874. The Morgan fingerprint density at radius 1 is 1.38 bits per heavy atom. The van der Waals surface area contributed by atoms with Crippen LogP contribution in [0.4, 0.5) is 16.3 Å². The van der Waals surface area contributed by atoms with Gasteiger partial charge in [-0.2, -0.15) is 0 Å². The normalized spacial score (nSPS) is 15.1. The Morgan fingerprint density at radius 2 is 2.05 bits per heavy atom. The number of nitrogens with one attached hydrogen (secondary N) is 2. The molecule has 0 aromatic carbocycles. The van der Waals surface area contributed by atoms with Crippen LogP contribution in [0.1, 0.15) is 12.6 Å². The molecular weight excluding hydrogens is 294 g/mol. The van der Waals surface area contributed by atoms with Gasteiger partial charge in [-0.3, -0.25) is 9.69 Å². The summed E-state index contributed by atoms with van der Waals surface area (Å²) in [5.74, 6) is 0.348. The number of hydrogen-bond donors (Lipinski definition) is 2. The van der Waals surface area contributed by atoms with Crippen molar-refractivity contribution in [2.75, 3.05) is 31.4 Å². The van der Waals surface area contributed by atoms with Crippen LogP contribution in [0.2, 0.25) is 0 Å². The van der Waals surface area contributed by atoms with Gasteiger partial charge in [0.15, 0.2) is 0 Å². The third-order valence-electron chi connectivity index (χ3n) is 3.39. The third kappa shape index (κ3) is 3.43. The molecule has 3 amide bonds. The van der Waals surface area contributed by atoms with Gasteiger partial charge in [-0.05, 0) is 26.1 Å². The van der Waals surface area contributed by atoms with E-state index < -0.39 is 0 Å². The molecule has 8 heteroatoms. The van der Waals surface area contributed by atoms with Gasteiger partial charge in [0.05, 0.1) is 24.0 Å². The van der Waals surface area contributed by atoms with E-state index in [1.54, 1.807) is 50.0 Å². The predicted octanol–water partition coefficient (Wildman–Crippen LogP) is 1.05. The summed E-state index contributed by atoms with van der Waals surface area (Å²) in [6, 6.07) is 3.14. The Balaban J connectivity index is 0.00000220. The van der Waals surface area contributed by atoms with Crippen LogP contribution < -0.4 is 15.5 Å². The Bertz CT molecular complexity index is 551. The zero-order valence-electron chi connectivity index (χ0n) is 12.5. The molecule has 1 aromatic rings. The summed E-state index contributed by atoms with van der Waals surface area (Å²) in [6.07, 6.45) is 0. The van der Waals surface area contributed by atoms with E-state index in [-0.39, 0.29) is 30.4 Å². The fourth-order valence-corrected chi connectivity index (χ4v) is 2.00. The number of carbonyl (C=O) groups excluding carboxylic acids is 2. The molecule has 0 saturated carbocycles. The van der Waals surface area contributed by atoms with Crippen LogP contribution in [0.5, 0.6) is 0 Å². The Morgan fingerprint density at radius 3 is 2.67 bits per heavy atom. The lowest BCUT2D eigenvalue weighted by Gasteiger charge is -2.32. The number of amides is 3. The molecule has 1 aliphatic rings. The molecule has 1 aliphatic heterocycles. The van der Waals surface area contributed by atoms with Crippen molar-refractivity contribution in [3.8, 4) is 0 Å². The van der Waals surface area contributed by atoms with E-state index in [1.807, 2.05) is 0 Å². The zero-order valence-corrected chi connectivity index (χ0v) is 13.3. The lowest BCUT2D eigenvalue weighted by molar-refractivity contribution is -0.117. The average molecular weight is 314 g/mol. The van der Waals surface area contributed by atoms with Gasteiger partial charge in [-0.25, -0.2) is 9.78 Å². The second-order valence-corrected chi connectivity index (χ2v) is 4.86. The van der Waals surface area contributed by atoms with Crippen LogP contribution in [-0.2, 0) is 11.3 Å². The second-order valence-electron chi connectivity index (χ2n) is 4.86. The van der Waals surface area contributed by atoms with E-state index in [0.29, 0.717) is 12.4 Å². The zero-order chi connectivity index (χ0) is 14.9. The number of fused-ring (bicyclic) bond motifs is 1. The van der Waals surface area contributed by atoms with E-state index in [1.165, 1.54) is 0 Å². The number of pyridine rings is 1. The number of urea groups is 1. The van der Waals surface area contributed by atoms with E-state index in [9.17, 15) is 9.59 Å². The minimum atomic E-state index is -0.292. The predicted molar refractivity (Wildman–Crippen MR) is 83.9 cm³/mol. The van der Waals surface area contributed by atoms with Crippen molar-refractivity contribution >= 4 is 35.9 Å². The smallest absolute Gasteiger partial charge is 0.321 e. The maximum Gasteiger partial charge on any atom is 0.324 e. The van der Waals surface area contributed by atoms with E-state index in [2.05, 4.69) is 15.6 Å². The van der Waals surface area contributed by atoms with Gasteiger partial charge in [-0.1, -0.05) is 0 Å². The highest BCUT2D eigenvalue weighted by Gasteiger charge is 2.26. The van der Waals surface area contributed by atoms with Crippen molar-refractivity contribution in [3.05, 3.63) is 17.8 Å². The van der Waals surface area contributed by atoms with Crippen LogP contribution in [0.3, 0.4) is 0 Å². The fourth-order valence-electron chi connectivity index (χ4n) is 2.00. The maximum absolute atomic E-state index is 11.8. The molecule has 0 bridgehead atoms. The molecule has 1 atom stereocenters. The SMILES string of the molecule is CN[C@@H](C)C(=O)Nc1ccc2c(n1)CN(C)C(=O)N2C.Cl. The number of rotatable bonds is 3. The molecule has 2 N–H and O–H groups in total. The van der Waals surface area contributed by atoms with Gasteiger partial charge >= 0.3 is 6.03 Å². The Kier molecular flexibility index (Phi) is 5.51. The first kappa shape index (κ1) is 17.2. The molecule has 0 fully saturated rings. The van der Waals surface area contributed by atoms with Crippen molar-refractivity contribution in [2.45, 2.75) is 19.5 Å². The molecule has 1 aromatic heterocycles. The Labute approximate surface area is 130 Å². The van der Waals surface area contributed by atoms with Crippen molar-refractivity contribution in [1.82, 2.24) is 15.2 Å². The summed E-state index contributed by atoms with van der Waals surface area (Å²) in [7, 11) is 5.15. The van der Waals surface area contributed by atoms with Crippen LogP contribution in [-0.4, -0.2) is 49.0 Å². The maximum atomic E-state index is 11.8. The number of anilines is 2. The molecule has 2 rings (SSSR count). The summed E-state index contributed by atoms with van der Waals surface area (Å²) in [5, 5.41) is 5.62. The van der Waals surface area contributed by atoms with Crippen molar-refractivity contribution < 1.29 is 9.59 Å². The van der Waals surface area contributed by atoms with Gasteiger partial charge in [0.1, 0.15) is 5.82 Å². The van der Waals surface area contributed by atoms with Gasteiger partial charge in [0.2, 0.25) is 5.91 Å². The third-order valence-corrected chi connectivity index (χ3v) is 3.39. The molecule has 0 saturated heterocycles. The van der Waals surface area contributed by atoms with Crippen molar-refractivity contribution in [2.24, 2.45) is 0 Å². The van der Waals surface area contributed by atoms with Crippen LogP contribution in [0.25, 0.3) is 0 Å². The summed E-state index contributed by atoms with van der Waals surface area (Å²) >= 11 is 0. The average Bonchev–Trinajstić information content (AvgIpc) is 2.43. The van der Waals surface area contributed by atoms with E-state index in [0.717, 1.165) is 11.4 Å². The lowest BCUT2D eigenvalue weighted by atomic mass is 10.2. The standard InChI is InChI=1S/C13H19N5O2.ClH/c1-8(14-2)12(19)16-11-6-5-10-9(15-11)7-17(3)13(20)18(10)4;/h5-6,8,14H,7H2,1-4H3,(H,15,16,19);1H/t8-;/m0./s1. The molecule has 0 unspecified atom stereocenters. The van der Waals surface area contributed by atoms with Gasteiger partial charge in [0.25, 0.3) is 0 Å². The summed E-state index contributed by atoms with van der Waals surface area (Å²) in [5.41, 5.74) is 1.54. The first-order valence-corrected chi connectivity index (χ1v) is 6.41. The van der Waals surface area contributed by atoms with Gasteiger partial charge in [0, 0.05) is 14.1 Å². The Hall–Kier alpha value is -1.86. The topological polar surface area (TPSA) is 77.6 Å². The molecule has 21 heavy (non-hydrogen) atoms.